The molecule has 0 N–H and O–H groups in total. The third-order valence-corrected chi connectivity index (χ3v) is 6.33. The first kappa shape index (κ1) is 16.7. The number of thiophene rings is 1. The average molecular weight is 353 g/mol. The molecule has 0 radical (unpaired) electrons. The predicted molar refractivity (Wildman–Crippen MR) is 80.2 cm³/mol. The van der Waals surface area contributed by atoms with Crippen LogP contribution in [0.1, 0.15) is 31.6 Å². The van der Waals surface area contributed by atoms with Gasteiger partial charge in [-0.2, -0.15) is 0 Å². The topological polar surface area (TPSA) is 69.7 Å². The van der Waals surface area contributed by atoms with E-state index >= 15 is 0 Å². The van der Waals surface area contributed by atoms with Crippen molar-refractivity contribution >= 4 is 37.0 Å². The lowest BCUT2D eigenvalue weighted by Gasteiger charge is -2.31. The molecule has 0 aromatic carbocycles. The maximum absolute atomic E-state index is 11.9. The van der Waals surface area contributed by atoms with Crippen LogP contribution in [0.3, 0.4) is 0 Å². The smallest absolute Gasteiger partial charge is 0.311 e. The summed E-state index contributed by atoms with van der Waals surface area (Å²) in [7, 11) is 1.51. The van der Waals surface area contributed by atoms with Crippen LogP contribution in [0.4, 0.5) is 0 Å². The maximum atomic E-state index is 11.9. The number of esters is 1. The zero-order valence-electron chi connectivity index (χ0n) is 11.7. The van der Waals surface area contributed by atoms with Gasteiger partial charge in [0.25, 0.3) is 9.05 Å². The van der Waals surface area contributed by atoms with Gasteiger partial charge in [0.1, 0.15) is 10.3 Å². The van der Waals surface area contributed by atoms with Crippen LogP contribution < -0.4 is 0 Å². The molecule has 2 unspecified atom stereocenters. The molecular weight excluding hydrogens is 336 g/mol. The van der Waals surface area contributed by atoms with E-state index in [1.807, 2.05) is 13.8 Å². The summed E-state index contributed by atoms with van der Waals surface area (Å²) in [4.78, 5) is 12.5. The molecular formula is C13H17ClO5S2. The molecule has 1 fully saturated rings. The third-order valence-electron chi connectivity index (χ3n) is 3.15. The number of carbonyl (C=O) groups excluding carboxylic acids is 1. The fraction of sp³-hybridized carbons (Fsp3) is 0.615. The zero-order chi connectivity index (χ0) is 15.6. The average Bonchev–Trinajstić information content (AvgIpc) is 2.75. The molecule has 2 rings (SSSR count). The molecule has 0 saturated carbocycles. The molecule has 2 atom stereocenters. The first-order valence-corrected chi connectivity index (χ1v) is 9.75. The Morgan fingerprint density at radius 2 is 2.00 bits per heavy atom. The van der Waals surface area contributed by atoms with Gasteiger partial charge < -0.3 is 9.47 Å². The highest BCUT2D eigenvalue weighted by Crippen LogP contribution is 2.26. The van der Waals surface area contributed by atoms with Gasteiger partial charge in [-0.15, -0.1) is 11.3 Å². The highest BCUT2D eigenvalue weighted by Gasteiger charge is 2.27. The Labute approximate surface area is 132 Å². The molecule has 1 aliphatic rings. The highest BCUT2D eigenvalue weighted by molar-refractivity contribution is 8.15. The Morgan fingerprint density at radius 3 is 2.52 bits per heavy atom. The zero-order valence-corrected chi connectivity index (χ0v) is 14.1. The second-order valence-corrected chi connectivity index (χ2v) is 9.14. The van der Waals surface area contributed by atoms with E-state index in [4.69, 9.17) is 20.2 Å². The summed E-state index contributed by atoms with van der Waals surface area (Å²) in [5.41, 5.74) is 0. The van der Waals surface area contributed by atoms with E-state index in [0.29, 0.717) is 17.7 Å². The number of carbonyl (C=O) groups is 1. The minimum absolute atomic E-state index is 0.0419. The van der Waals surface area contributed by atoms with Gasteiger partial charge in [-0.1, -0.05) is 0 Å². The molecule has 21 heavy (non-hydrogen) atoms. The first-order valence-electron chi connectivity index (χ1n) is 6.62. The van der Waals surface area contributed by atoms with Crippen molar-refractivity contribution in [1.82, 2.24) is 0 Å². The van der Waals surface area contributed by atoms with Crippen LogP contribution in [0.25, 0.3) is 0 Å². The Kier molecular flexibility index (Phi) is 5.29. The first-order chi connectivity index (χ1) is 9.74. The Morgan fingerprint density at radius 1 is 1.38 bits per heavy atom. The van der Waals surface area contributed by atoms with Gasteiger partial charge in [0.15, 0.2) is 0 Å². The quantitative estimate of drug-likeness (QED) is 0.615. The summed E-state index contributed by atoms with van der Waals surface area (Å²) < 4.78 is 33.4. The van der Waals surface area contributed by atoms with Crippen LogP contribution in [0.2, 0.25) is 0 Å². The molecule has 2 heterocycles. The van der Waals surface area contributed by atoms with Gasteiger partial charge in [-0.05, 0) is 26.0 Å². The van der Waals surface area contributed by atoms with Crippen molar-refractivity contribution in [3.05, 3.63) is 17.0 Å². The van der Waals surface area contributed by atoms with Gasteiger partial charge in [0, 0.05) is 28.4 Å². The van der Waals surface area contributed by atoms with Crippen LogP contribution in [0.5, 0.6) is 0 Å². The van der Waals surface area contributed by atoms with Crippen LogP contribution in [0, 0.1) is 0 Å². The second kappa shape index (κ2) is 6.64. The largest absolute Gasteiger partial charge is 0.462 e. The van der Waals surface area contributed by atoms with E-state index in [1.165, 1.54) is 6.07 Å². The summed E-state index contributed by atoms with van der Waals surface area (Å²) in [6.07, 6.45) is 1.41. The summed E-state index contributed by atoms with van der Waals surface area (Å²) in [6, 6.07) is 2.98. The van der Waals surface area contributed by atoms with Crippen molar-refractivity contribution in [3.8, 4) is 0 Å². The predicted octanol–water partition coefficient (Wildman–Crippen LogP) is 2.72. The Balaban J connectivity index is 1.91. The summed E-state index contributed by atoms with van der Waals surface area (Å²) >= 11 is 0.986. The van der Waals surface area contributed by atoms with E-state index in [1.54, 1.807) is 6.07 Å². The molecule has 1 aromatic rings. The molecule has 0 bridgehead atoms. The lowest BCUT2D eigenvalue weighted by molar-refractivity contribution is -0.158. The van der Waals surface area contributed by atoms with Gasteiger partial charge in [-0.25, -0.2) is 8.42 Å². The van der Waals surface area contributed by atoms with E-state index in [-0.39, 0.29) is 34.9 Å². The van der Waals surface area contributed by atoms with Crippen molar-refractivity contribution in [2.24, 2.45) is 0 Å². The van der Waals surface area contributed by atoms with Crippen LogP contribution in [-0.2, 0) is 29.7 Å². The van der Waals surface area contributed by atoms with Gasteiger partial charge in [0.2, 0.25) is 0 Å². The fourth-order valence-corrected chi connectivity index (χ4v) is 4.50. The molecule has 0 amide bonds. The summed E-state index contributed by atoms with van der Waals surface area (Å²) in [5, 5.41) is 0. The van der Waals surface area contributed by atoms with Crippen molar-refractivity contribution in [1.29, 1.82) is 0 Å². The van der Waals surface area contributed by atoms with E-state index in [2.05, 4.69) is 0 Å². The van der Waals surface area contributed by atoms with Gasteiger partial charge >= 0.3 is 5.97 Å². The Hall–Kier alpha value is -0.630. The summed E-state index contributed by atoms with van der Waals surface area (Å²) in [5.74, 6) is -0.360. The van der Waals surface area contributed by atoms with Crippen molar-refractivity contribution < 1.29 is 22.7 Å². The molecule has 0 spiro atoms. The molecule has 118 valence electrons. The molecule has 1 saturated heterocycles. The number of rotatable bonds is 4. The lowest BCUT2D eigenvalue weighted by atomic mass is 10.0. The number of halogens is 1. The number of ether oxygens (including phenoxy) is 2. The SMILES string of the molecule is CC1CC(OC(=O)Cc2ccc(S(=O)(=O)Cl)s2)CC(C)O1. The molecule has 8 heteroatoms. The van der Waals surface area contributed by atoms with Gasteiger partial charge in [0.05, 0.1) is 18.6 Å². The molecule has 0 aliphatic carbocycles. The standard InChI is InChI=1S/C13H17ClO5S2/c1-8-5-10(6-9(2)18-8)19-12(15)7-11-3-4-13(20-11)21(14,16)17/h3-4,8-10H,5-7H2,1-2H3. The third kappa shape index (κ3) is 4.95. The number of hydrogen-bond donors (Lipinski definition) is 0. The fourth-order valence-electron chi connectivity index (χ4n) is 2.39. The van der Waals surface area contributed by atoms with Crippen molar-refractivity contribution in [3.63, 3.8) is 0 Å². The molecule has 5 nitrogen and oxygen atoms in total. The van der Waals surface area contributed by atoms with E-state index in [0.717, 1.165) is 11.3 Å². The number of hydrogen-bond acceptors (Lipinski definition) is 6. The highest BCUT2D eigenvalue weighted by atomic mass is 35.7. The van der Waals surface area contributed by atoms with E-state index < -0.39 is 9.05 Å². The van der Waals surface area contributed by atoms with Crippen LogP contribution >= 0.6 is 22.0 Å². The van der Waals surface area contributed by atoms with Crippen LogP contribution in [-0.4, -0.2) is 32.7 Å². The maximum Gasteiger partial charge on any atom is 0.311 e. The van der Waals surface area contributed by atoms with Crippen molar-refractivity contribution in [2.75, 3.05) is 0 Å². The van der Waals surface area contributed by atoms with Crippen LogP contribution in [0.15, 0.2) is 16.3 Å². The summed E-state index contributed by atoms with van der Waals surface area (Å²) in [6.45, 7) is 3.90. The second-order valence-electron chi connectivity index (χ2n) is 5.18. The van der Waals surface area contributed by atoms with E-state index in [9.17, 15) is 13.2 Å². The minimum Gasteiger partial charge on any atom is -0.462 e. The monoisotopic (exact) mass is 352 g/mol. The van der Waals surface area contributed by atoms with Gasteiger partial charge in [-0.3, -0.25) is 4.79 Å². The minimum atomic E-state index is -3.74. The lowest BCUT2D eigenvalue weighted by Crippen LogP contribution is -2.35. The normalized spacial score (nSPS) is 26.5. The molecule has 1 aromatic heterocycles. The van der Waals surface area contributed by atoms with Crippen molar-refractivity contribution in [2.45, 2.75) is 55.6 Å². The molecule has 1 aliphatic heterocycles. The Bertz CT molecular complexity index is 600.